The summed E-state index contributed by atoms with van der Waals surface area (Å²) < 4.78 is 18.9. The van der Waals surface area contributed by atoms with E-state index in [-0.39, 0.29) is 30.5 Å². The van der Waals surface area contributed by atoms with Crippen molar-refractivity contribution in [2.45, 2.75) is 13.3 Å². The number of benzene rings is 2. The molecule has 25 heavy (non-hydrogen) atoms. The highest BCUT2D eigenvalue weighted by atomic mass is 19.1. The van der Waals surface area contributed by atoms with E-state index in [1.165, 1.54) is 6.07 Å². The van der Waals surface area contributed by atoms with Gasteiger partial charge < -0.3 is 15.0 Å². The quantitative estimate of drug-likeness (QED) is 0.929. The number of methoxy groups -OCH3 is 1. The number of nitrogens with zero attached hydrogens (tertiary/aromatic N) is 1. The van der Waals surface area contributed by atoms with Crippen LogP contribution in [0.3, 0.4) is 0 Å². The Hall–Kier alpha value is -2.89. The summed E-state index contributed by atoms with van der Waals surface area (Å²) in [6.45, 7) is 2.09. The van der Waals surface area contributed by atoms with Gasteiger partial charge in [-0.1, -0.05) is 6.07 Å². The number of hydrogen-bond donors (Lipinski definition) is 1. The maximum atomic E-state index is 13.8. The third-order valence-electron chi connectivity index (χ3n) is 4.26. The van der Waals surface area contributed by atoms with Crippen molar-refractivity contribution in [1.29, 1.82) is 0 Å². The van der Waals surface area contributed by atoms with Crippen molar-refractivity contribution in [2.24, 2.45) is 5.92 Å². The minimum Gasteiger partial charge on any atom is -0.497 e. The Balaban J connectivity index is 1.70. The molecule has 3 rings (SSSR count). The molecule has 6 heteroatoms. The van der Waals surface area contributed by atoms with Gasteiger partial charge in [-0.2, -0.15) is 0 Å². The van der Waals surface area contributed by atoms with Crippen LogP contribution < -0.4 is 15.0 Å². The van der Waals surface area contributed by atoms with E-state index in [1.807, 2.05) is 6.92 Å². The maximum absolute atomic E-state index is 13.8. The number of carbonyl (C=O) groups is 2. The van der Waals surface area contributed by atoms with Gasteiger partial charge in [-0.3, -0.25) is 9.59 Å². The molecule has 5 nitrogen and oxygen atoms in total. The summed E-state index contributed by atoms with van der Waals surface area (Å²) in [4.78, 5) is 26.2. The first-order chi connectivity index (χ1) is 12.0. The monoisotopic (exact) mass is 342 g/mol. The third kappa shape index (κ3) is 3.63. The van der Waals surface area contributed by atoms with Gasteiger partial charge in [0, 0.05) is 18.7 Å². The topological polar surface area (TPSA) is 58.6 Å². The normalized spacial score (nSPS) is 16.8. The molecule has 1 atom stereocenters. The molecule has 1 N–H and O–H groups in total. The van der Waals surface area contributed by atoms with Gasteiger partial charge in [0.15, 0.2) is 0 Å². The molecule has 130 valence electrons. The number of carbonyl (C=O) groups excluding carboxylic acids is 2. The Morgan fingerprint density at radius 3 is 2.64 bits per heavy atom. The van der Waals surface area contributed by atoms with Crippen molar-refractivity contribution in [3.63, 3.8) is 0 Å². The van der Waals surface area contributed by atoms with E-state index in [9.17, 15) is 14.0 Å². The average Bonchev–Trinajstić information content (AvgIpc) is 3.00. The fraction of sp³-hybridized carbons (Fsp3) is 0.263. The number of amides is 2. The molecule has 1 aliphatic rings. The highest BCUT2D eigenvalue weighted by molar-refractivity contribution is 6.03. The molecule has 0 saturated carbocycles. The van der Waals surface area contributed by atoms with E-state index >= 15 is 0 Å². The van der Waals surface area contributed by atoms with Crippen LogP contribution in [0.2, 0.25) is 0 Å². The van der Waals surface area contributed by atoms with Gasteiger partial charge in [-0.15, -0.1) is 0 Å². The number of anilines is 2. The molecular weight excluding hydrogens is 323 g/mol. The van der Waals surface area contributed by atoms with Crippen LogP contribution >= 0.6 is 0 Å². The number of nitrogens with one attached hydrogen (secondary N) is 1. The lowest BCUT2D eigenvalue weighted by molar-refractivity contribution is -0.122. The first kappa shape index (κ1) is 17.0. The Morgan fingerprint density at radius 1 is 1.24 bits per heavy atom. The van der Waals surface area contributed by atoms with Gasteiger partial charge in [-0.25, -0.2) is 4.39 Å². The minimum absolute atomic E-state index is 0.102. The van der Waals surface area contributed by atoms with Crippen molar-refractivity contribution in [2.75, 3.05) is 23.9 Å². The molecule has 2 amide bonds. The molecule has 0 unspecified atom stereocenters. The molecule has 2 aromatic rings. The van der Waals surface area contributed by atoms with Crippen LogP contribution in [-0.2, 0) is 9.59 Å². The molecule has 2 aromatic carbocycles. The third-order valence-corrected chi connectivity index (χ3v) is 4.26. The number of aryl methyl sites for hydroxylation is 1. The van der Waals surface area contributed by atoms with Crippen molar-refractivity contribution in [3.05, 3.63) is 53.8 Å². The molecule has 0 spiro atoms. The van der Waals surface area contributed by atoms with E-state index in [2.05, 4.69) is 5.32 Å². The van der Waals surface area contributed by atoms with E-state index in [0.29, 0.717) is 11.4 Å². The first-order valence-electron chi connectivity index (χ1n) is 7.99. The zero-order valence-electron chi connectivity index (χ0n) is 14.1. The Kier molecular flexibility index (Phi) is 4.70. The Morgan fingerprint density at radius 2 is 1.96 bits per heavy atom. The van der Waals surface area contributed by atoms with Gasteiger partial charge in [0.1, 0.15) is 11.6 Å². The summed E-state index contributed by atoms with van der Waals surface area (Å²) >= 11 is 0. The van der Waals surface area contributed by atoms with Crippen molar-refractivity contribution < 1.29 is 18.7 Å². The lowest BCUT2D eigenvalue weighted by Crippen LogP contribution is -2.28. The van der Waals surface area contributed by atoms with E-state index in [4.69, 9.17) is 4.74 Å². The number of ether oxygens (including phenoxy) is 1. The summed E-state index contributed by atoms with van der Waals surface area (Å²) in [6.07, 6.45) is 0.102. The smallest absolute Gasteiger partial charge is 0.229 e. The van der Waals surface area contributed by atoms with E-state index in [0.717, 1.165) is 5.56 Å². The highest BCUT2D eigenvalue weighted by Gasteiger charge is 2.35. The average molecular weight is 342 g/mol. The van der Waals surface area contributed by atoms with Crippen molar-refractivity contribution in [1.82, 2.24) is 0 Å². The van der Waals surface area contributed by atoms with Crippen molar-refractivity contribution >= 4 is 23.2 Å². The standard InChI is InChI=1S/C19H19FN2O3/c1-12-3-8-16(20)17(9-12)21-19(24)13-10-18(23)22(11-13)14-4-6-15(25-2)7-5-14/h3-9,13H,10-11H2,1-2H3,(H,21,24)/t13-/m1/s1. The SMILES string of the molecule is COc1ccc(N2C[C@H](C(=O)Nc3cc(C)ccc3F)CC2=O)cc1. The molecule has 0 radical (unpaired) electrons. The number of rotatable bonds is 4. The Bertz CT molecular complexity index is 805. The van der Waals surface area contributed by atoms with Crippen LogP contribution in [0.25, 0.3) is 0 Å². The lowest BCUT2D eigenvalue weighted by Gasteiger charge is -2.17. The van der Waals surface area contributed by atoms with Crippen LogP contribution in [-0.4, -0.2) is 25.5 Å². The van der Waals surface area contributed by atoms with Crippen molar-refractivity contribution in [3.8, 4) is 5.75 Å². The van der Waals surface area contributed by atoms with E-state index in [1.54, 1.807) is 48.4 Å². The summed E-state index contributed by atoms with van der Waals surface area (Å²) in [5, 5.41) is 2.59. The second-order valence-electron chi connectivity index (χ2n) is 6.08. The molecule has 0 bridgehead atoms. The fourth-order valence-electron chi connectivity index (χ4n) is 2.86. The summed E-state index contributed by atoms with van der Waals surface area (Å²) in [7, 11) is 1.57. The first-order valence-corrected chi connectivity index (χ1v) is 7.99. The molecule has 1 heterocycles. The second-order valence-corrected chi connectivity index (χ2v) is 6.08. The molecule has 1 aliphatic heterocycles. The maximum Gasteiger partial charge on any atom is 0.229 e. The van der Waals surface area contributed by atoms with Gasteiger partial charge in [-0.05, 0) is 48.9 Å². The van der Waals surface area contributed by atoms with Gasteiger partial charge >= 0.3 is 0 Å². The zero-order chi connectivity index (χ0) is 18.0. The molecular formula is C19H19FN2O3. The van der Waals surface area contributed by atoms with Crippen LogP contribution in [0.15, 0.2) is 42.5 Å². The Labute approximate surface area is 145 Å². The highest BCUT2D eigenvalue weighted by Crippen LogP contribution is 2.28. The van der Waals surface area contributed by atoms with Crippen LogP contribution in [0.4, 0.5) is 15.8 Å². The predicted molar refractivity (Wildman–Crippen MR) is 93.2 cm³/mol. The fourth-order valence-corrected chi connectivity index (χ4v) is 2.86. The predicted octanol–water partition coefficient (Wildman–Crippen LogP) is 3.13. The second kappa shape index (κ2) is 6.93. The number of halogens is 1. The minimum atomic E-state index is -0.519. The van der Waals surface area contributed by atoms with Crippen LogP contribution in [0.5, 0.6) is 5.75 Å². The summed E-state index contributed by atoms with van der Waals surface area (Å²) in [5.74, 6) is -0.798. The zero-order valence-corrected chi connectivity index (χ0v) is 14.1. The van der Waals surface area contributed by atoms with Gasteiger partial charge in [0.05, 0.1) is 18.7 Å². The molecule has 1 fully saturated rings. The lowest BCUT2D eigenvalue weighted by atomic mass is 10.1. The summed E-state index contributed by atoms with van der Waals surface area (Å²) in [5.41, 5.74) is 1.70. The van der Waals surface area contributed by atoms with Gasteiger partial charge in [0.25, 0.3) is 0 Å². The van der Waals surface area contributed by atoms with Crippen LogP contribution in [0, 0.1) is 18.7 Å². The largest absolute Gasteiger partial charge is 0.497 e. The number of hydrogen-bond acceptors (Lipinski definition) is 3. The van der Waals surface area contributed by atoms with Crippen LogP contribution in [0.1, 0.15) is 12.0 Å². The molecule has 0 aromatic heterocycles. The van der Waals surface area contributed by atoms with Gasteiger partial charge in [0.2, 0.25) is 11.8 Å². The molecule has 1 saturated heterocycles. The van der Waals surface area contributed by atoms with E-state index < -0.39 is 11.7 Å². The summed E-state index contributed by atoms with van der Waals surface area (Å²) in [6, 6.07) is 11.6. The molecule has 0 aliphatic carbocycles.